The van der Waals surface area contributed by atoms with Gasteiger partial charge in [-0.2, -0.15) is 4.98 Å². The molecule has 0 saturated carbocycles. The molecule has 6 nitrogen and oxygen atoms in total. The van der Waals surface area contributed by atoms with Crippen molar-refractivity contribution in [2.45, 2.75) is 25.8 Å². The quantitative estimate of drug-likeness (QED) is 0.838. The molecule has 2 aliphatic rings. The maximum atomic E-state index is 5.59. The highest BCUT2D eigenvalue weighted by Gasteiger charge is 2.37. The van der Waals surface area contributed by atoms with Gasteiger partial charge in [-0.25, -0.2) is 0 Å². The molecule has 128 valence electrons. The van der Waals surface area contributed by atoms with E-state index in [1.165, 1.54) is 11.1 Å². The molecule has 2 atom stereocenters. The molecule has 0 amide bonds. The van der Waals surface area contributed by atoms with Crippen LogP contribution < -0.4 is 4.74 Å². The van der Waals surface area contributed by atoms with E-state index in [1.807, 2.05) is 6.92 Å². The summed E-state index contributed by atoms with van der Waals surface area (Å²) in [4.78, 5) is 6.89. The lowest BCUT2D eigenvalue weighted by molar-refractivity contribution is 0.142. The van der Waals surface area contributed by atoms with Gasteiger partial charge in [0.05, 0.1) is 19.1 Å². The maximum absolute atomic E-state index is 5.59. The predicted molar refractivity (Wildman–Crippen MR) is 88.1 cm³/mol. The van der Waals surface area contributed by atoms with Gasteiger partial charge in [0.1, 0.15) is 5.75 Å². The Labute approximate surface area is 141 Å². The zero-order chi connectivity index (χ0) is 16.5. The smallest absolute Gasteiger partial charge is 0.231 e. The molecule has 2 aromatic rings. The Morgan fingerprint density at radius 3 is 3.04 bits per heavy atom. The van der Waals surface area contributed by atoms with Crippen LogP contribution in [0.1, 0.15) is 28.8 Å². The van der Waals surface area contributed by atoms with Gasteiger partial charge in [-0.3, -0.25) is 4.90 Å². The van der Waals surface area contributed by atoms with Crippen LogP contribution in [0.4, 0.5) is 0 Å². The molecule has 1 aromatic heterocycles. The first-order valence-electron chi connectivity index (χ1n) is 8.49. The zero-order valence-corrected chi connectivity index (χ0v) is 14.2. The van der Waals surface area contributed by atoms with Crippen molar-refractivity contribution in [1.82, 2.24) is 15.0 Å². The van der Waals surface area contributed by atoms with Crippen LogP contribution in [0.3, 0.4) is 0 Å². The topological polar surface area (TPSA) is 60.6 Å². The van der Waals surface area contributed by atoms with E-state index in [1.54, 1.807) is 7.11 Å². The van der Waals surface area contributed by atoms with Crippen LogP contribution in [-0.4, -0.2) is 48.5 Å². The van der Waals surface area contributed by atoms with Crippen LogP contribution in [0.2, 0.25) is 0 Å². The summed E-state index contributed by atoms with van der Waals surface area (Å²) in [6.07, 6.45) is 1.01. The van der Waals surface area contributed by atoms with Crippen molar-refractivity contribution in [3.8, 4) is 5.75 Å². The van der Waals surface area contributed by atoms with E-state index in [0.717, 1.165) is 44.3 Å². The van der Waals surface area contributed by atoms with Crippen LogP contribution in [0, 0.1) is 12.8 Å². The number of fused-ring (bicyclic) bond motifs is 1. The van der Waals surface area contributed by atoms with Crippen molar-refractivity contribution in [3.05, 3.63) is 41.0 Å². The Morgan fingerprint density at radius 1 is 1.33 bits per heavy atom. The summed E-state index contributed by atoms with van der Waals surface area (Å²) in [6, 6.07) is 6.54. The fourth-order valence-corrected chi connectivity index (χ4v) is 3.81. The van der Waals surface area contributed by atoms with E-state index >= 15 is 0 Å². The van der Waals surface area contributed by atoms with Gasteiger partial charge < -0.3 is 14.0 Å². The normalized spacial score (nSPS) is 23.4. The first kappa shape index (κ1) is 15.6. The number of hydrogen-bond acceptors (Lipinski definition) is 6. The lowest BCUT2D eigenvalue weighted by Crippen LogP contribution is -2.21. The second-order valence-electron chi connectivity index (χ2n) is 6.74. The summed E-state index contributed by atoms with van der Waals surface area (Å²) < 4.78 is 16.4. The zero-order valence-electron chi connectivity index (χ0n) is 14.2. The summed E-state index contributed by atoms with van der Waals surface area (Å²) in [6.45, 7) is 6.20. The molecule has 0 N–H and O–H groups in total. The summed E-state index contributed by atoms with van der Waals surface area (Å²) in [5.74, 6) is 3.09. The number of ether oxygens (including phenoxy) is 2. The van der Waals surface area contributed by atoms with E-state index in [4.69, 9.17) is 14.0 Å². The molecule has 1 aromatic carbocycles. The second kappa shape index (κ2) is 6.53. The van der Waals surface area contributed by atoms with Crippen molar-refractivity contribution in [2.75, 3.05) is 33.4 Å². The molecule has 2 aliphatic heterocycles. The third-order valence-electron chi connectivity index (χ3n) is 4.92. The Kier molecular flexibility index (Phi) is 4.24. The van der Waals surface area contributed by atoms with Gasteiger partial charge in [-0.1, -0.05) is 17.3 Å². The Hall–Kier alpha value is -1.92. The molecule has 0 bridgehead atoms. The lowest BCUT2D eigenvalue weighted by Gasteiger charge is -2.16. The largest absolute Gasteiger partial charge is 0.493 e. The highest BCUT2D eigenvalue weighted by atomic mass is 16.5. The Morgan fingerprint density at radius 2 is 2.25 bits per heavy atom. The van der Waals surface area contributed by atoms with Crippen molar-refractivity contribution in [1.29, 1.82) is 0 Å². The van der Waals surface area contributed by atoms with Gasteiger partial charge >= 0.3 is 0 Å². The summed E-state index contributed by atoms with van der Waals surface area (Å²) in [5.41, 5.74) is 2.65. The predicted octanol–water partition coefficient (Wildman–Crippen LogP) is 2.17. The van der Waals surface area contributed by atoms with Gasteiger partial charge in [0, 0.05) is 39.1 Å². The van der Waals surface area contributed by atoms with Crippen LogP contribution in [0.25, 0.3) is 0 Å². The van der Waals surface area contributed by atoms with Gasteiger partial charge in [-0.15, -0.1) is 0 Å². The van der Waals surface area contributed by atoms with Gasteiger partial charge in [0.25, 0.3) is 0 Å². The minimum absolute atomic E-state index is 0.240. The number of hydrogen-bond donors (Lipinski definition) is 0. The number of nitrogens with zero attached hydrogens (tertiary/aromatic N) is 3. The monoisotopic (exact) mass is 329 g/mol. The standard InChI is InChI=1S/C18H23N3O3/c1-12-19-18(24-20-12)16-10-21(9-15(16)11-22-2)8-13-3-4-17-14(7-13)5-6-23-17/h3-4,7,15-16H,5-6,8-11H2,1-2H3/t15-,16+/m0/s1. The van der Waals surface area contributed by atoms with E-state index in [9.17, 15) is 0 Å². The van der Waals surface area contributed by atoms with Crippen molar-refractivity contribution in [2.24, 2.45) is 5.92 Å². The first-order chi connectivity index (χ1) is 11.7. The molecule has 0 unspecified atom stereocenters. The Balaban J connectivity index is 1.48. The van der Waals surface area contributed by atoms with E-state index < -0.39 is 0 Å². The summed E-state index contributed by atoms with van der Waals surface area (Å²) in [5, 5.41) is 3.94. The highest BCUT2D eigenvalue weighted by molar-refractivity contribution is 5.39. The van der Waals surface area contributed by atoms with Crippen LogP contribution in [0.5, 0.6) is 5.75 Å². The molecule has 4 rings (SSSR count). The fraction of sp³-hybridized carbons (Fsp3) is 0.556. The highest BCUT2D eigenvalue weighted by Crippen LogP contribution is 2.33. The molecule has 1 fully saturated rings. The molecular weight excluding hydrogens is 306 g/mol. The van der Waals surface area contributed by atoms with Crippen LogP contribution in [0.15, 0.2) is 22.7 Å². The van der Waals surface area contributed by atoms with Gasteiger partial charge in [0.2, 0.25) is 5.89 Å². The molecule has 0 radical (unpaired) electrons. The van der Waals surface area contributed by atoms with Crippen molar-refractivity contribution >= 4 is 0 Å². The molecule has 3 heterocycles. The minimum Gasteiger partial charge on any atom is -0.493 e. The van der Waals surface area contributed by atoms with E-state index in [0.29, 0.717) is 18.3 Å². The lowest BCUT2D eigenvalue weighted by atomic mass is 9.97. The average molecular weight is 329 g/mol. The van der Waals surface area contributed by atoms with Crippen molar-refractivity contribution in [3.63, 3.8) is 0 Å². The van der Waals surface area contributed by atoms with E-state index in [2.05, 4.69) is 33.2 Å². The average Bonchev–Trinajstić information content (AvgIpc) is 3.27. The number of likely N-dealkylation sites (tertiary alicyclic amines) is 1. The summed E-state index contributed by atoms with van der Waals surface area (Å²) in [7, 11) is 1.75. The molecular formula is C18H23N3O3. The maximum Gasteiger partial charge on any atom is 0.231 e. The van der Waals surface area contributed by atoms with Gasteiger partial charge in [-0.05, 0) is 24.1 Å². The number of benzene rings is 1. The molecule has 24 heavy (non-hydrogen) atoms. The number of aromatic nitrogens is 2. The molecule has 0 aliphatic carbocycles. The molecule has 6 heteroatoms. The third-order valence-corrected chi connectivity index (χ3v) is 4.92. The minimum atomic E-state index is 0.240. The number of aryl methyl sites for hydroxylation is 1. The van der Waals surface area contributed by atoms with Crippen LogP contribution in [-0.2, 0) is 17.7 Å². The first-order valence-corrected chi connectivity index (χ1v) is 8.49. The van der Waals surface area contributed by atoms with E-state index in [-0.39, 0.29) is 5.92 Å². The van der Waals surface area contributed by atoms with Crippen molar-refractivity contribution < 1.29 is 14.0 Å². The Bertz CT molecular complexity index is 715. The number of methoxy groups -OCH3 is 1. The van der Waals surface area contributed by atoms with Crippen LogP contribution >= 0.6 is 0 Å². The molecule has 1 saturated heterocycles. The molecule has 0 spiro atoms. The number of rotatable bonds is 5. The second-order valence-corrected chi connectivity index (χ2v) is 6.74. The SMILES string of the molecule is COC[C@@H]1CN(Cc2ccc3c(c2)CCO3)C[C@H]1c1nc(C)no1. The fourth-order valence-electron chi connectivity index (χ4n) is 3.81. The summed E-state index contributed by atoms with van der Waals surface area (Å²) >= 11 is 0. The third kappa shape index (κ3) is 3.03. The van der Waals surface area contributed by atoms with Gasteiger partial charge in [0.15, 0.2) is 5.82 Å².